The Labute approximate surface area is 74.9 Å². The van der Waals surface area contributed by atoms with Crippen molar-refractivity contribution in [3.63, 3.8) is 0 Å². The van der Waals surface area contributed by atoms with Crippen LogP contribution >= 0.6 is 0 Å². The summed E-state index contributed by atoms with van der Waals surface area (Å²) in [6.07, 6.45) is 0. The molecule has 0 aliphatic heterocycles. The molecule has 72 valence electrons. The van der Waals surface area contributed by atoms with E-state index in [4.69, 9.17) is 9.63 Å². The Morgan fingerprint density at radius 3 is 3.08 bits per heavy atom. The van der Waals surface area contributed by atoms with Crippen LogP contribution in [0.2, 0.25) is 0 Å². The average molecular weight is 185 g/mol. The normalized spacial score (nSPS) is 9.69. The van der Waals surface area contributed by atoms with Crippen molar-refractivity contribution in [2.75, 3.05) is 11.9 Å². The Bertz CT molecular complexity index is 284. The average Bonchev–Trinajstić information content (AvgIpc) is 2.52. The number of hydrogen-bond acceptors (Lipinski definition) is 4. The van der Waals surface area contributed by atoms with Crippen LogP contribution in [0.15, 0.2) is 10.6 Å². The van der Waals surface area contributed by atoms with Crippen molar-refractivity contribution in [2.24, 2.45) is 0 Å². The summed E-state index contributed by atoms with van der Waals surface area (Å²) in [6.45, 7) is 2.13. The Kier molecular flexibility index (Phi) is 3.27. The highest BCUT2D eigenvalue weighted by atomic mass is 16.5. The van der Waals surface area contributed by atoms with Crippen LogP contribution in [-0.2, 0) is 6.61 Å². The monoisotopic (exact) mass is 185 g/mol. The van der Waals surface area contributed by atoms with Gasteiger partial charge in [-0.2, -0.15) is 0 Å². The number of urea groups is 1. The molecule has 0 fully saturated rings. The van der Waals surface area contributed by atoms with Gasteiger partial charge in [-0.05, 0) is 6.92 Å². The fourth-order valence-electron chi connectivity index (χ4n) is 0.762. The van der Waals surface area contributed by atoms with Crippen molar-refractivity contribution in [1.82, 2.24) is 10.5 Å². The van der Waals surface area contributed by atoms with Gasteiger partial charge in [-0.3, -0.25) is 5.32 Å². The molecule has 1 aromatic rings. The highest BCUT2D eigenvalue weighted by Crippen LogP contribution is 2.08. The largest absolute Gasteiger partial charge is 0.390 e. The summed E-state index contributed by atoms with van der Waals surface area (Å²) in [6, 6.07) is 1.10. The van der Waals surface area contributed by atoms with Crippen LogP contribution in [0, 0.1) is 0 Å². The van der Waals surface area contributed by atoms with Crippen molar-refractivity contribution in [1.29, 1.82) is 0 Å². The molecule has 0 aliphatic rings. The van der Waals surface area contributed by atoms with E-state index in [0.717, 1.165) is 0 Å². The quantitative estimate of drug-likeness (QED) is 0.632. The number of nitrogens with zero attached hydrogens (tertiary/aromatic N) is 1. The number of aliphatic hydroxyl groups is 1. The van der Waals surface area contributed by atoms with E-state index in [-0.39, 0.29) is 18.5 Å². The van der Waals surface area contributed by atoms with Gasteiger partial charge in [0.1, 0.15) is 5.69 Å². The smallest absolute Gasteiger partial charge is 0.321 e. The SMILES string of the molecule is CCNC(=O)Nc1cc(CO)no1. The molecule has 0 bridgehead atoms. The Hall–Kier alpha value is -1.56. The summed E-state index contributed by atoms with van der Waals surface area (Å²) in [4.78, 5) is 10.9. The van der Waals surface area contributed by atoms with E-state index in [1.807, 2.05) is 0 Å². The van der Waals surface area contributed by atoms with Gasteiger partial charge < -0.3 is 14.9 Å². The number of rotatable bonds is 3. The minimum atomic E-state index is -0.358. The van der Waals surface area contributed by atoms with Crippen LogP contribution in [-0.4, -0.2) is 22.8 Å². The minimum absolute atomic E-state index is 0.208. The zero-order valence-electron chi connectivity index (χ0n) is 7.20. The van der Waals surface area contributed by atoms with Gasteiger partial charge in [0.2, 0.25) is 5.88 Å². The van der Waals surface area contributed by atoms with Crippen molar-refractivity contribution >= 4 is 11.9 Å². The molecule has 1 heterocycles. The van der Waals surface area contributed by atoms with Crippen LogP contribution in [0.1, 0.15) is 12.6 Å². The fraction of sp³-hybridized carbons (Fsp3) is 0.429. The number of carbonyl (C=O) groups excluding carboxylic acids is 1. The predicted molar refractivity (Wildman–Crippen MR) is 45.1 cm³/mol. The van der Waals surface area contributed by atoms with E-state index in [2.05, 4.69) is 15.8 Å². The van der Waals surface area contributed by atoms with Crippen molar-refractivity contribution in [2.45, 2.75) is 13.5 Å². The minimum Gasteiger partial charge on any atom is -0.390 e. The summed E-state index contributed by atoms with van der Waals surface area (Å²) in [5, 5.41) is 17.0. The van der Waals surface area contributed by atoms with Gasteiger partial charge in [0.25, 0.3) is 0 Å². The molecular weight excluding hydrogens is 174 g/mol. The molecule has 0 radical (unpaired) electrons. The first-order chi connectivity index (χ1) is 6.26. The van der Waals surface area contributed by atoms with Gasteiger partial charge in [0.05, 0.1) is 6.61 Å². The third kappa shape index (κ3) is 2.75. The first kappa shape index (κ1) is 9.53. The van der Waals surface area contributed by atoms with Crippen LogP contribution < -0.4 is 10.6 Å². The molecule has 0 saturated carbocycles. The highest BCUT2D eigenvalue weighted by molar-refractivity contribution is 5.87. The molecule has 2 amide bonds. The second kappa shape index (κ2) is 4.46. The van der Waals surface area contributed by atoms with E-state index in [9.17, 15) is 4.79 Å². The molecule has 1 aromatic heterocycles. The lowest BCUT2D eigenvalue weighted by Gasteiger charge is -1.99. The third-order valence-corrected chi connectivity index (χ3v) is 1.30. The summed E-state index contributed by atoms with van der Waals surface area (Å²) in [7, 11) is 0. The molecule has 0 spiro atoms. The van der Waals surface area contributed by atoms with Gasteiger partial charge in [-0.15, -0.1) is 0 Å². The summed E-state index contributed by atoms with van der Waals surface area (Å²) < 4.78 is 4.69. The first-order valence-electron chi connectivity index (χ1n) is 3.87. The molecule has 6 nitrogen and oxygen atoms in total. The zero-order chi connectivity index (χ0) is 9.68. The van der Waals surface area contributed by atoms with Gasteiger partial charge in [0, 0.05) is 12.6 Å². The van der Waals surface area contributed by atoms with Gasteiger partial charge in [-0.25, -0.2) is 4.79 Å². The lowest BCUT2D eigenvalue weighted by atomic mass is 10.4. The van der Waals surface area contributed by atoms with Crippen molar-refractivity contribution in [3.8, 4) is 0 Å². The standard InChI is InChI=1S/C7H11N3O3/c1-2-8-7(12)9-6-3-5(4-11)10-13-6/h3,11H,2,4H2,1H3,(H2,8,9,12). The molecule has 1 rings (SSSR count). The number of aromatic nitrogens is 1. The molecule has 3 N–H and O–H groups in total. The summed E-state index contributed by atoms with van der Waals surface area (Å²) in [5.41, 5.74) is 0.381. The number of carbonyl (C=O) groups is 1. The van der Waals surface area contributed by atoms with E-state index < -0.39 is 0 Å². The summed E-state index contributed by atoms with van der Waals surface area (Å²) in [5.74, 6) is 0.218. The maximum Gasteiger partial charge on any atom is 0.321 e. The Balaban J connectivity index is 2.49. The number of hydrogen-bond donors (Lipinski definition) is 3. The number of anilines is 1. The van der Waals surface area contributed by atoms with Gasteiger partial charge >= 0.3 is 6.03 Å². The Morgan fingerprint density at radius 2 is 2.54 bits per heavy atom. The number of nitrogens with one attached hydrogen (secondary N) is 2. The van der Waals surface area contributed by atoms with E-state index in [0.29, 0.717) is 12.2 Å². The van der Waals surface area contributed by atoms with Gasteiger partial charge in [-0.1, -0.05) is 5.16 Å². The lowest BCUT2D eigenvalue weighted by molar-refractivity contribution is 0.251. The van der Waals surface area contributed by atoms with E-state index in [1.165, 1.54) is 6.07 Å². The Morgan fingerprint density at radius 1 is 1.77 bits per heavy atom. The van der Waals surface area contributed by atoms with Crippen LogP contribution in [0.25, 0.3) is 0 Å². The molecule has 13 heavy (non-hydrogen) atoms. The molecule has 0 saturated heterocycles. The van der Waals surface area contributed by atoms with Crippen molar-refractivity contribution in [3.05, 3.63) is 11.8 Å². The predicted octanol–water partition coefficient (Wildman–Crippen LogP) is 0.308. The zero-order valence-corrected chi connectivity index (χ0v) is 7.20. The van der Waals surface area contributed by atoms with Crippen LogP contribution in [0.3, 0.4) is 0 Å². The van der Waals surface area contributed by atoms with Crippen molar-refractivity contribution < 1.29 is 14.4 Å². The second-order valence-electron chi connectivity index (χ2n) is 2.33. The maximum atomic E-state index is 10.9. The molecule has 6 heteroatoms. The van der Waals surface area contributed by atoms with E-state index in [1.54, 1.807) is 6.92 Å². The van der Waals surface area contributed by atoms with Crippen LogP contribution in [0.4, 0.5) is 10.7 Å². The molecule has 0 aliphatic carbocycles. The first-order valence-corrected chi connectivity index (χ1v) is 3.87. The molecule has 0 aromatic carbocycles. The van der Waals surface area contributed by atoms with E-state index >= 15 is 0 Å². The van der Waals surface area contributed by atoms with Gasteiger partial charge in [0.15, 0.2) is 0 Å². The van der Waals surface area contributed by atoms with Crippen LogP contribution in [0.5, 0.6) is 0 Å². The molecular formula is C7H11N3O3. The molecule has 0 atom stereocenters. The number of amides is 2. The lowest BCUT2D eigenvalue weighted by Crippen LogP contribution is -2.27. The maximum absolute atomic E-state index is 10.9. The summed E-state index contributed by atoms with van der Waals surface area (Å²) >= 11 is 0. The molecule has 0 unspecified atom stereocenters. The highest BCUT2D eigenvalue weighted by Gasteiger charge is 2.05. The fourth-order valence-corrected chi connectivity index (χ4v) is 0.762. The number of aliphatic hydroxyl groups excluding tert-OH is 1. The third-order valence-electron chi connectivity index (χ3n) is 1.30. The topological polar surface area (TPSA) is 87.4 Å². The second-order valence-corrected chi connectivity index (χ2v) is 2.33.